The SMILES string of the molecule is COc1ccc(C(C)=C(F)B2OC(C)(C)C(C)(C)O2)cc1OC. The van der Waals surface area contributed by atoms with Gasteiger partial charge in [0.2, 0.25) is 0 Å². The molecule has 0 aliphatic carbocycles. The van der Waals surface area contributed by atoms with Crippen LogP contribution >= 0.6 is 0 Å². The number of ether oxygens (including phenoxy) is 2. The summed E-state index contributed by atoms with van der Waals surface area (Å²) in [4.78, 5) is 0. The Hall–Kier alpha value is -1.53. The number of rotatable bonds is 4. The first-order valence-corrected chi connectivity index (χ1v) is 7.57. The van der Waals surface area contributed by atoms with Crippen molar-refractivity contribution < 1.29 is 23.2 Å². The summed E-state index contributed by atoms with van der Waals surface area (Å²) in [5, 5.41) is 0. The maximum Gasteiger partial charge on any atom is 0.525 e. The topological polar surface area (TPSA) is 36.9 Å². The molecule has 6 heteroatoms. The number of hydrogen-bond donors (Lipinski definition) is 0. The molecule has 0 aromatic heterocycles. The van der Waals surface area contributed by atoms with E-state index in [1.165, 1.54) is 0 Å². The van der Waals surface area contributed by atoms with Crippen LogP contribution in [0.1, 0.15) is 40.2 Å². The van der Waals surface area contributed by atoms with Crippen LogP contribution in [0.3, 0.4) is 0 Å². The molecule has 0 saturated carbocycles. The van der Waals surface area contributed by atoms with Crippen molar-refractivity contribution in [2.75, 3.05) is 14.2 Å². The number of hydrogen-bond acceptors (Lipinski definition) is 4. The molecule has 1 aliphatic rings. The first kappa shape index (κ1) is 17.8. The molecule has 1 aliphatic heterocycles. The average molecular weight is 322 g/mol. The summed E-state index contributed by atoms with van der Waals surface area (Å²) in [5.41, 5.74) is -0.449. The Balaban J connectivity index is 2.35. The van der Waals surface area contributed by atoms with Crippen molar-refractivity contribution in [2.45, 2.75) is 45.8 Å². The lowest BCUT2D eigenvalue weighted by atomic mass is 9.83. The molecule has 2 rings (SSSR count). The molecule has 1 fully saturated rings. The fraction of sp³-hybridized carbons (Fsp3) is 0.529. The van der Waals surface area contributed by atoms with E-state index in [0.717, 1.165) is 0 Å². The predicted molar refractivity (Wildman–Crippen MR) is 89.3 cm³/mol. The van der Waals surface area contributed by atoms with Crippen LogP contribution in [0.5, 0.6) is 11.5 Å². The van der Waals surface area contributed by atoms with Crippen LogP contribution in [0.2, 0.25) is 0 Å². The second-order valence-electron chi connectivity index (χ2n) is 6.63. The highest BCUT2D eigenvalue weighted by Gasteiger charge is 2.53. The molecule has 23 heavy (non-hydrogen) atoms. The van der Waals surface area contributed by atoms with Gasteiger partial charge in [-0.15, -0.1) is 0 Å². The average Bonchev–Trinajstić information content (AvgIpc) is 2.73. The molecule has 0 amide bonds. The first-order valence-electron chi connectivity index (χ1n) is 7.57. The van der Waals surface area contributed by atoms with Crippen molar-refractivity contribution in [3.8, 4) is 11.5 Å². The third kappa shape index (κ3) is 3.24. The Morgan fingerprint density at radius 1 is 1.00 bits per heavy atom. The zero-order chi connectivity index (χ0) is 17.4. The number of halogens is 1. The molecule has 1 saturated heterocycles. The number of methoxy groups -OCH3 is 2. The van der Waals surface area contributed by atoms with Crippen LogP contribution in [0, 0.1) is 0 Å². The summed E-state index contributed by atoms with van der Waals surface area (Å²) >= 11 is 0. The quantitative estimate of drug-likeness (QED) is 0.784. The molecule has 126 valence electrons. The molecule has 0 N–H and O–H groups in total. The van der Waals surface area contributed by atoms with Crippen LogP contribution in [0.25, 0.3) is 5.57 Å². The minimum atomic E-state index is -1.01. The summed E-state index contributed by atoms with van der Waals surface area (Å²) in [5.74, 6) is 1.14. The molecule has 0 atom stereocenters. The zero-order valence-electron chi connectivity index (χ0n) is 14.8. The van der Waals surface area contributed by atoms with Crippen LogP contribution in [-0.2, 0) is 9.31 Å². The molecule has 0 spiro atoms. The van der Waals surface area contributed by atoms with Gasteiger partial charge in [-0.1, -0.05) is 6.07 Å². The summed E-state index contributed by atoms with van der Waals surface area (Å²) < 4.78 is 36.8. The lowest BCUT2D eigenvalue weighted by Gasteiger charge is -2.32. The van der Waals surface area contributed by atoms with E-state index in [-0.39, 0.29) is 0 Å². The van der Waals surface area contributed by atoms with Gasteiger partial charge in [-0.2, -0.15) is 0 Å². The second kappa shape index (κ2) is 6.17. The molecule has 1 heterocycles. The Bertz CT molecular complexity index is 609. The fourth-order valence-corrected chi connectivity index (χ4v) is 2.33. The second-order valence-corrected chi connectivity index (χ2v) is 6.63. The minimum Gasteiger partial charge on any atom is -0.493 e. The molecule has 4 nitrogen and oxygen atoms in total. The van der Waals surface area contributed by atoms with E-state index >= 15 is 0 Å². The van der Waals surface area contributed by atoms with Gasteiger partial charge in [0, 0.05) is 0 Å². The molecule has 0 bridgehead atoms. The van der Waals surface area contributed by atoms with Crippen LogP contribution in [0.4, 0.5) is 4.39 Å². The summed E-state index contributed by atoms with van der Waals surface area (Å²) in [6, 6.07) is 5.26. The fourth-order valence-electron chi connectivity index (χ4n) is 2.33. The molecule has 1 aromatic rings. The third-order valence-corrected chi connectivity index (χ3v) is 4.63. The van der Waals surface area contributed by atoms with Crippen LogP contribution < -0.4 is 9.47 Å². The van der Waals surface area contributed by atoms with E-state index in [9.17, 15) is 4.39 Å². The molecule has 0 radical (unpaired) electrons. The number of allylic oxidation sites excluding steroid dienone is 1. The van der Waals surface area contributed by atoms with Gasteiger partial charge in [-0.25, -0.2) is 4.39 Å². The van der Waals surface area contributed by atoms with Gasteiger partial charge in [-0.05, 0) is 57.9 Å². The monoisotopic (exact) mass is 322 g/mol. The van der Waals surface area contributed by atoms with Crippen molar-refractivity contribution in [2.24, 2.45) is 0 Å². The summed E-state index contributed by atoms with van der Waals surface area (Å²) in [6.07, 6.45) is 0. The van der Waals surface area contributed by atoms with E-state index in [4.69, 9.17) is 18.8 Å². The largest absolute Gasteiger partial charge is 0.525 e. The Morgan fingerprint density at radius 2 is 1.52 bits per heavy atom. The lowest BCUT2D eigenvalue weighted by molar-refractivity contribution is 0.00578. The van der Waals surface area contributed by atoms with Gasteiger partial charge < -0.3 is 18.8 Å². The van der Waals surface area contributed by atoms with E-state index < -0.39 is 24.0 Å². The van der Waals surface area contributed by atoms with Gasteiger partial charge in [0.15, 0.2) is 11.5 Å². The molecule has 0 unspecified atom stereocenters. The van der Waals surface area contributed by atoms with Gasteiger partial charge >= 0.3 is 7.12 Å². The maximum atomic E-state index is 14.8. The Labute approximate surface area is 137 Å². The normalized spacial score (nSPS) is 20.3. The van der Waals surface area contributed by atoms with Crippen molar-refractivity contribution in [1.82, 2.24) is 0 Å². The highest BCUT2D eigenvalue weighted by molar-refractivity contribution is 6.55. The van der Waals surface area contributed by atoms with Gasteiger partial charge in [0.25, 0.3) is 0 Å². The van der Waals surface area contributed by atoms with E-state index in [1.54, 1.807) is 39.3 Å². The first-order chi connectivity index (χ1) is 10.6. The molecule has 1 aromatic carbocycles. The van der Waals surface area contributed by atoms with Gasteiger partial charge in [0.05, 0.1) is 25.4 Å². The Morgan fingerprint density at radius 3 is 2.00 bits per heavy atom. The smallest absolute Gasteiger partial charge is 0.493 e. The lowest BCUT2D eigenvalue weighted by Crippen LogP contribution is -2.41. The highest BCUT2D eigenvalue weighted by Crippen LogP contribution is 2.40. The van der Waals surface area contributed by atoms with E-state index in [2.05, 4.69) is 0 Å². The van der Waals surface area contributed by atoms with Crippen molar-refractivity contribution >= 4 is 12.7 Å². The standard InChI is InChI=1S/C17H24BFO4/c1-11(12-8-9-13(20-6)14(10-12)21-7)15(19)18-22-16(2,3)17(4,5)23-18/h8-10H,1-7H3. The minimum absolute atomic E-state index is 0.434. The predicted octanol–water partition coefficient (Wildman–Crippen LogP) is 4.04. The van der Waals surface area contributed by atoms with E-state index in [0.29, 0.717) is 22.6 Å². The maximum absolute atomic E-state index is 14.8. The summed E-state index contributed by atoms with van der Waals surface area (Å²) in [6.45, 7) is 9.28. The van der Waals surface area contributed by atoms with Gasteiger partial charge in [0.1, 0.15) is 5.73 Å². The van der Waals surface area contributed by atoms with Crippen LogP contribution in [-0.4, -0.2) is 32.5 Å². The van der Waals surface area contributed by atoms with Crippen molar-refractivity contribution in [3.63, 3.8) is 0 Å². The number of benzene rings is 1. The van der Waals surface area contributed by atoms with E-state index in [1.807, 2.05) is 27.7 Å². The van der Waals surface area contributed by atoms with Crippen molar-refractivity contribution in [1.29, 1.82) is 0 Å². The van der Waals surface area contributed by atoms with Crippen molar-refractivity contribution in [3.05, 3.63) is 29.5 Å². The third-order valence-electron chi connectivity index (χ3n) is 4.63. The van der Waals surface area contributed by atoms with Crippen LogP contribution in [0.15, 0.2) is 23.9 Å². The Kier molecular flexibility index (Phi) is 4.78. The molecular weight excluding hydrogens is 298 g/mol. The molecular formula is C17H24BFO4. The highest BCUT2D eigenvalue weighted by atomic mass is 19.1. The van der Waals surface area contributed by atoms with Gasteiger partial charge in [-0.3, -0.25) is 0 Å². The zero-order valence-corrected chi connectivity index (χ0v) is 14.8. The summed E-state index contributed by atoms with van der Waals surface area (Å²) in [7, 11) is 2.10.